The van der Waals surface area contributed by atoms with Gasteiger partial charge in [-0.1, -0.05) is 0 Å². The highest BCUT2D eigenvalue weighted by molar-refractivity contribution is 7.90. The summed E-state index contributed by atoms with van der Waals surface area (Å²) in [6.07, 6.45) is -3.15. The van der Waals surface area contributed by atoms with Crippen LogP contribution in [0, 0.1) is 0 Å². The van der Waals surface area contributed by atoms with Gasteiger partial charge in [0.2, 0.25) is 0 Å². The van der Waals surface area contributed by atoms with Gasteiger partial charge >= 0.3 is 6.18 Å². The van der Waals surface area contributed by atoms with E-state index in [-0.39, 0.29) is 4.90 Å². The molecule has 3 rings (SSSR count). The Morgan fingerprint density at radius 3 is 1.50 bits per heavy atom. The van der Waals surface area contributed by atoms with Crippen LogP contribution >= 0.6 is 0 Å². The van der Waals surface area contributed by atoms with Crippen LogP contribution in [0.5, 0.6) is 0 Å². The molecule has 0 amide bonds. The van der Waals surface area contributed by atoms with Crippen LogP contribution in [0.4, 0.5) is 24.5 Å². The number of benzene rings is 2. The number of hydrogen-bond acceptors (Lipinski definition) is 4. The van der Waals surface area contributed by atoms with Gasteiger partial charge in [-0.15, -0.1) is 0 Å². The van der Waals surface area contributed by atoms with Gasteiger partial charge in [0.05, 0.1) is 10.5 Å². The number of hydrogen-bond donors (Lipinski definition) is 0. The number of nitrogens with zero attached hydrogens (tertiary/aromatic N) is 2. The molecule has 0 N–H and O–H groups in total. The molecule has 0 saturated carbocycles. The van der Waals surface area contributed by atoms with Gasteiger partial charge in [-0.2, -0.15) is 13.2 Å². The molecule has 140 valence electrons. The average molecular weight is 384 g/mol. The molecular formula is C18H19F3N2O2S. The molecule has 1 aliphatic rings. The first-order valence-corrected chi connectivity index (χ1v) is 10.0. The predicted molar refractivity (Wildman–Crippen MR) is 95.4 cm³/mol. The first-order valence-electron chi connectivity index (χ1n) is 8.12. The molecule has 8 heteroatoms. The zero-order chi connectivity index (χ0) is 18.9. The van der Waals surface area contributed by atoms with Gasteiger partial charge in [0.15, 0.2) is 9.84 Å². The van der Waals surface area contributed by atoms with Crippen molar-refractivity contribution in [1.29, 1.82) is 0 Å². The third-order valence-electron chi connectivity index (χ3n) is 4.47. The van der Waals surface area contributed by atoms with Crippen LogP contribution in [0.3, 0.4) is 0 Å². The van der Waals surface area contributed by atoms with E-state index in [4.69, 9.17) is 0 Å². The van der Waals surface area contributed by atoms with Gasteiger partial charge in [-0.05, 0) is 48.5 Å². The summed E-state index contributed by atoms with van der Waals surface area (Å²) in [5, 5.41) is 0. The zero-order valence-corrected chi connectivity index (χ0v) is 15.0. The molecule has 1 aliphatic heterocycles. The summed E-state index contributed by atoms with van der Waals surface area (Å²) in [7, 11) is -3.22. The minimum atomic E-state index is -4.32. The molecule has 0 aromatic heterocycles. The number of alkyl halides is 3. The van der Waals surface area contributed by atoms with Gasteiger partial charge in [0.25, 0.3) is 0 Å². The van der Waals surface area contributed by atoms with Crippen molar-refractivity contribution >= 4 is 21.2 Å². The lowest BCUT2D eigenvalue weighted by Gasteiger charge is -2.37. The van der Waals surface area contributed by atoms with Gasteiger partial charge in [0, 0.05) is 43.8 Å². The molecule has 2 aromatic rings. The van der Waals surface area contributed by atoms with Crippen molar-refractivity contribution in [3.8, 4) is 0 Å². The molecule has 1 saturated heterocycles. The Labute approximate surface area is 150 Å². The van der Waals surface area contributed by atoms with Crippen molar-refractivity contribution in [2.45, 2.75) is 11.1 Å². The van der Waals surface area contributed by atoms with E-state index in [1.54, 1.807) is 24.3 Å². The van der Waals surface area contributed by atoms with E-state index in [0.717, 1.165) is 23.5 Å². The van der Waals surface area contributed by atoms with E-state index in [0.29, 0.717) is 26.2 Å². The minimum absolute atomic E-state index is 0.282. The molecule has 0 unspecified atom stereocenters. The number of sulfone groups is 1. The second-order valence-corrected chi connectivity index (χ2v) is 8.30. The highest BCUT2D eigenvalue weighted by Crippen LogP contribution is 2.31. The third kappa shape index (κ3) is 4.12. The van der Waals surface area contributed by atoms with Crippen molar-refractivity contribution < 1.29 is 21.6 Å². The van der Waals surface area contributed by atoms with Crippen molar-refractivity contribution in [2.24, 2.45) is 0 Å². The maximum atomic E-state index is 12.6. The first kappa shape index (κ1) is 18.6. The van der Waals surface area contributed by atoms with Crippen molar-refractivity contribution in [3.05, 3.63) is 54.1 Å². The topological polar surface area (TPSA) is 40.6 Å². The molecule has 0 aliphatic carbocycles. The Balaban J connectivity index is 1.64. The SMILES string of the molecule is CS(=O)(=O)c1ccc(N2CCN(c3ccc(C(F)(F)F)cc3)CC2)cc1. The third-order valence-corrected chi connectivity index (χ3v) is 5.60. The van der Waals surface area contributed by atoms with Crippen LogP contribution in [0.1, 0.15) is 5.56 Å². The zero-order valence-electron chi connectivity index (χ0n) is 14.2. The summed E-state index contributed by atoms with van der Waals surface area (Å²) in [5.74, 6) is 0. The van der Waals surface area contributed by atoms with Gasteiger partial charge < -0.3 is 9.80 Å². The molecule has 4 nitrogen and oxygen atoms in total. The maximum absolute atomic E-state index is 12.6. The summed E-state index contributed by atoms with van der Waals surface area (Å²) >= 11 is 0. The van der Waals surface area contributed by atoms with Gasteiger partial charge in [-0.25, -0.2) is 8.42 Å². The quantitative estimate of drug-likeness (QED) is 0.813. The summed E-state index contributed by atoms with van der Waals surface area (Å²) in [4.78, 5) is 4.46. The van der Waals surface area contributed by atoms with E-state index in [1.807, 2.05) is 4.90 Å². The van der Waals surface area contributed by atoms with Crippen LogP contribution in [0.15, 0.2) is 53.4 Å². The molecule has 1 heterocycles. The largest absolute Gasteiger partial charge is 0.416 e. The fourth-order valence-electron chi connectivity index (χ4n) is 2.99. The first-order chi connectivity index (χ1) is 12.1. The molecule has 0 bridgehead atoms. The van der Waals surface area contributed by atoms with Gasteiger partial charge in [0.1, 0.15) is 0 Å². The van der Waals surface area contributed by atoms with Crippen molar-refractivity contribution in [2.75, 3.05) is 42.2 Å². The number of anilines is 2. The normalized spacial score (nSPS) is 16.0. The summed E-state index contributed by atoms with van der Waals surface area (Å²) in [6.45, 7) is 2.77. The van der Waals surface area contributed by atoms with Crippen LogP contribution in [-0.2, 0) is 16.0 Å². The Bertz CT molecular complexity index is 855. The maximum Gasteiger partial charge on any atom is 0.416 e. The Morgan fingerprint density at radius 2 is 1.15 bits per heavy atom. The Morgan fingerprint density at radius 1 is 0.769 bits per heavy atom. The smallest absolute Gasteiger partial charge is 0.368 e. The lowest BCUT2D eigenvalue weighted by atomic mass is 10.1. The van der Waals surface area contributed by atoms with E-state index < -0.39 is 21.6 Å². The van der Waals surface area contributed by atoms with Crippen LogP contribution < -0.4 is 9.80 Å². The van der Waals surface area contributed by atoms with E-state index in [1.165, 1.54) is 18.4 Å². The Hall–Kier alpha value is -2.22. The number of piperazine rings is 1. The predicted octanol–water partition coefficient (Wildman–Crippen LogP) is 3.44. The summed E-state index contributed by atoms with van der Waals surface area (Å²) in [5.41, 5.74) is 1.06. The second kappa shape index (κ2) is 6.83. The van der Waals surface area contributed by atoms with Crippen LogP contribution in [-0.4, -0.2) is 40.9 Å². The van der Waals surface area contributed by atoms with E-state index >= 15 is 0 Å². The lowest BCUT2D eigenvalue weighted by Crippen LogP contribution is -2.46. The highest BCUT2D eigenvalue weighted by atomic mass is 32.2. The molecule has 0 atom stereocenters. The fourth-order valence-corrected chi connectivity index (χ4v) is 3.62. The monoisotopic (exact) mass is 384 g/mol. The fraction of sp³-hybridized carbons (Fsp3) is 0.333. The second-order valence-electron chi connectivity index (χ2n) is 6.28. The molecular weight excluding hydrogens is 365 g/mol. The van der Waals surface area contributed by atoms with E-state index in [2.05, 4.69) is 4.90 Å². The molecule has 26 heavy (non-hydrogen) atoms. The van der Waals surface area contributed by atoms with Crippen molar-refractivity contribution in [3.63, 3.8) is 0 Å². The van der Waals surface area contributed by atoms with Crippen LogP contribution in [0.25, 0.3) is 0 Å². The molecule has 2 aromatic carbocycles. The molecule has 0 spiro atoms. The molecule has 1 fully saturated rings. The number of rotatable bonds is 3. The standard InChI is InChI=1S/C18H19F3N2O2S/c1-26(24,25)17-8-6-16(7-9-17)23-12-10-22(11-13-23)15-4-2-14(3-5-15)18(19,20)21/h2-9H,10-13H2,1H3. The van der Waals surface area contributed by atoms with E-state index in [9.17, 15) is 21.6 Å². The Kier molecular flexibility index (Phi) is 4.88. The van der Waals surface area contributed by atoms with Crippen LogP contribution in [0.2, 0.25) is 0 Å². The lowest BCUT2D eigenvalue weighted by molar-refractivity contribution is -0.137. The summed E-state index contributed by atoms with van der Waals surface area (Å²) in [6, 6.07) is 11.9. The highest BCUT2D eigenvalue weighted by Gasteiger charge is 2.30. The van der Waals surface area contributed by atoms with Gasteiger partial charge in [-0.3, -0.25) is 0 Å². The minimum Gasteiger partial charge on any atom is -0.368 e. The van der Waals surface area contributed by atoms with Crippen molar-refractivity contribution in [1.82, 2.24) is 0 Å². The summed E-state index contributed by atoms with van der Waals surface area (Å²) < 4.78 is 61.0. The number of halogens is 3. The average Bonchev–Trinajstić information content (AvgIpc) is 2.61. The molecule has 0 radical (unpaired) electrons.